The quantitative estimate of drug-likeness (QED) is 0.612. The predicted molar refractivity (Wildman–Crippen MR) is 83.6 cm³/mol. The molecule has 0 saturated heterocycles. The van der Waals surface area contributed by atoms with Crippen LogP contribution in [-0.2, 0) is 4.79 Å². The molecule has 0 aromatic carbocycles. The fourth-order valence-corrected chi connectivity index (χ4v) is 1.82. The fourth-order valence-electron chi connectivity index (χ4n) is 1.37. The number of aromatic nitrogens is 1. The van der Waals surface area contributed by atoms with Crippen LogP contribution in [0.3, 0.4) is 0 Å². The van der Waals surface area contributed by atoms with E-state index in [2.05, 4.69) is 15.5 Å². The van der Waals surface area contributed by atoms with Gasteiger partial charge in [-0.2, -0.15) is 10.1 Å². The molecule has 0 radical (unpaired) electrons. The number of hydrogen-bond donors (Lipinski definition) is 2. The van der Waals surface area contributed by atoms with Crippen molar-refractivity contribution in [1.29, 1.82) is 0 Å². The molecule has 0 aliphatic rings. The second-order valence-corrected chi connectivity index (χ2v) is 5.66. The first-order valence-electron chi connectivity index (χ1n) is 6.32. The Bertz CT molecular complexity index is 560. The van der Waals surface area contributed by atoms with Crippen LogP contribution in [0.2, 0.25) is 10.0 Å². The minimum Gasteiger partial charge on any atom is -0.477 e. The van der Waals surface area contributed by atoms with Crippen molar-refractivity contribution in [2.24, 2.45) is 11.0 Å². The van der Waals surface area contributed by atoms with Crippen molar-refractivity contribution in [3.63, 3.8) is 0 Å². The highest BCUT2D eigenvalue weighted by atomic mass is 35.5. The summed E-state index contributed by atoms with van der Waals surface area (Å²) in [5.41, 5.74) is 2.51. The number of halogens is 2. The van der Waals surface area contributed by atoms with Gasteiger partial charge in [-0.1, -0.05) is 37.0 Å². The Kier molecular flexibility index (Phi) is 6.23. The van der Waals surface area contributed by atoms with Gasteiger partial charge in [0.25, 0.3) is 0 Å². The monoisotopic (exact) mass is 333 g/mol. The largest absolute Gasteiger partial charge is 0.477 e. The summed E-state index contributed by atoms with van der Waals surface area (Å²) in [5.74, 6) is -0.986. The van der Waals surface area contributed by atoms with Crippen molar-refractivity contribution in [3.8, 4) is 5.88 Å². The van der Waals surface area contributed by atoms with E-state index in [1.165, 1.54) is 6.07 Å². The number of aliphatic carboxylic acids is 1. The molecule has 0 aliphatic heterocycles. The molecule has 0 saturated carbocycles. The average Bonchev–Trinajstić information content (AvgIpc) is 2.33. The van der Waals surface area contributed by atoms with Gasteiger partial charge in [0.05, 0.1) is 11.1 Å². The molecular formula is C13H17Cl2N3O3. The second-order valence-electron chi connectivity index (χ2n) is 4.84. The molecule has 0 aliphatic carbocycles. The molecule has 1 heterocycles. The van der Waals surface area contributed by atoms with E-state index in [1.54, 1.807) is 13.8 Å². The van der Waals surface area contributed by atoms with E-state index in [0.29, 0.717) is 0 Å². The maximum absolute atomic E-state index is 11.0. The summed E-state index contributed by atoms with van der Waals surface area (Å²) in [6, 6.07) is 1.46. The molecule has 0 bridgehead atoms. The van der Waals surface area contributed by atoms with Gasteiger partial charge in [-0.05, 0) is 19.9 Å². The number of pyridine rings is 1. The van der Waals surface area contributed by atoms with Crippen LogP contribution in [0.4, 0.5) is 5.82 Å². The molecule has 1 rings (SSSR count). The first-order chi connectivity index (χ1) is 9.72. The third-order valence-corrected chi connectivity index (χ3v) is 2.85. The Hall–Kier alpha value is -1.53. The molecule has 0 unspecified atom stereocenters. The van der Waals surface area contributed by atoms with E-state index in [1.807, 2.05) is 13.8 Å². The molecule has 0 spiro atoms. The zero-order chi connectivity index (χ0) is 16.2. The summed E-state index contributed by atoms with van der Waals surface area (Å²) in [6.45, 7) is 7.11. The van der Waals surface area contributed by atoms with Gasteiger partial charge in [0.15, 0.2) is 5.82 Å². The van der Waals surface area contributed by atoms with Gasteiger partial charge in [0.2, 0.25) is 5.88 Å². The molecule has 1 aromatic rings. The zero-order valence-corrected chi connectivity index (χ0v) is 13.7. The molecule has 8 heteroatoms. The van der Waals surface area contributed by atoms with Crippen LogP contribution in [0.25, 0.3) is 0 Å². The minimum atomic E-state index is -1.11. The number of carboxylic acids is 1. The lowest BCUT2D eigenvalue weighted by Gasteiger charge is -2.13. The van der Waals surface area contributed by atoms with Gasteiger partial charge in [0, 0.05) is 5.92 Å². The van der Waals surface area contributed by atoms with Gasteiger partial charge < -0.3 is 9.84 Å². The Balaban J connectivity index is 3.08. The Morgan fingerprint density at radius 1 is 1.33 bits per heavy atom. The third kappa shape index (κ3) is 5.06. The summed E-state index contributed by atoms with van der Waals surface area (Å²) in [7, 11) is 0. The van der Waals surface area contributed by atoms with Gasteiger partial charge in [0.1, 0.15) is 10.7 Å². The number of hydrogen-bond acceptors (Lipinski definition) is 5. The Morgan fingerprint density at radius 3 is 2.43 bits per heavy atom. The molecular weight excluding hydrogens is 317 g/mol. The minimum absolute atomic E-state index is 0.0332. The number of rotatable bonds is 6. The maximum Gasteiger partial charge on any atom is 0.352 e. The fraction of sp³-hybridized carbons (Fsp3) is 0.462. The summed E-state index contributed by atoms with van der Waals surface area (Å²) in [4.78, 5) is 15.1. The highest BCUT2D eigenvalue weighted by Gasteiger charge is 2.16. The molecule has 0 amide bonds. The third-order valence-electron chi connectivity index (χ3n) is 2.29. The van der Waals surface area contributed by atoms with Crippen molar-refractivity contribution < 1.29 is 14.6 Å². The Morgan fingerprint density at radius 2 is 1.95 bits per heavy atom. The van der Waals surface area contributed by atoms with E-state index in [-0.39, 0.29) is 39.5 Å². The van der Waals surface area contributed by atoms with Crippen LogP contribution in [0.15, 0.2) is 11.2 Å². The zero-order valence-electron chi connectivity index (χ0n) is 12.1. The summed E-state index contributed by atoms with van der Waals surface area (Å²) < 4.78 is 5.44. The number of nitrogens with one attached hydrogen (secondary N) is 1. The van der Waals surface area contributed by atoms with Crippen molar-refractivity contribution in [2.75, 3.05) is 5.43 Å². The summed E-state index contributed by atoms with van der Waals surface area (Å²) in [6.07, 6.45) is -0.113. The lowest BCUT2D eigenvalue weighted by atomic mass is 10.1. The highest BCUT2D eigenvalue weighted by Crippen LogP contribution is 2.31. The molecule has 2 N–H and O–H groups in total. The molecule has 0 atom stereocenters. The van der Waals surface area contributed by atoms with E-state index in [4.69, 9.17) is 33.0 Å². The van der Waals surface area contributed by atoms with E-state index in [0.717, 1.165) is 0 Å². The van der Waals surface area contributed by atoms with E-state index >= 15 is 0 Å². The van der Waals surface area contributed by atoms with Gasteiger partial charge in [-0.25, -0.2) is 4.79 Å². The van der Waals surface area contributed by atoms with Crippen molar-refractivity contribution in [1.82, 2.24) is 4.98 Å². The number of nitrogens with zero attached hydrogens (tertiary/aromatic N) is 2. The van der Waals surface area contributed by atoms with Crippen LogP contribution in [0.1, 0.15) is 27.7 Å². The molecule has 116 valence electrons. The standard InChI is InChI=1S/C13H17Cl2N3O3/c1-6(2)10(13(19)20)17-18-11-8(14)5-9(15)12(16-11)21-7(3)4/h5-7H,1-4H3,(H,16,18)(H,19,20)/b17-10-. The van der Waals surface area contributed by atoms with Gasteiger partial charge in [-0.3, -0.25) is 5.43 Å². The number of hydrazone groups is 1. The maximum atomic E-state index is 11.0. The van der Waals surface area contributed by atoms with E-state index < -0.39 is 5.97 Å². The first-order valence-corrected chi connectivity index (χ1v) is 7.07. The topological polar surface area (TPSA) is 83.8 Å². The normalized spacial score (nSPS) is 11.9. The number of anilines is 1. The van der Waals surface area contributed by atoms with Crippen molar-refractivity contribution >= 4 is 40.7 Å². The average molecular weight is 334 g/mol. The van der Waals surface area contributed by atoms with Crippen LogP contribution in [0.5, 0.6) is 5.88 Å². The van der Waals surface area contributed by atoms with Gasteiger partial charge >= 0.3 is 5.97 Å². The van der Waals surface area contributed by atoms with Crippen LogP contribution in [-0.4, -0.2) is 27.9 Å². The Labute approximate surface area is 133 Å². The summed E-state index contributed by atoms with van der Waals surface area (Å²) in [5, 5.41) is 13.3. The molecule has 1 aromatic heterocycles. The lowest BCUT2D eigenvalue weighted by molar-refractivity contribution is -0.129. The molecule has 6 nitrogen and oxygen atoms in total. The number of carboxylic acid groups (broad SMARTS) is 1. The highest BCUT2D eigenvalue weighted by molar-refractivity contribution is 6.37. The first kappa shape index (κ1) is 17.5. The predicted octanol–water partition coefficient (Wildman–Crippen LogP) is 3.68. The second kappa shape index (κ2) is 7.47. The smallest absolute Gasteiger partial charge is 0.352 e. The summed E-state index contributed by atoms with van der Waals surface area (Å²) >= 11 is 12.0. The van der Waals surface area contributed by atoms with Crippen LogP contribution in [0, 0.1) is 5.92 Å². The molecule has 0 fully saturated rings. The van der Waals surface area contributed by atoms with Crippen molar-refractivity contribution in [2.45, 2.75) is 33.8 Å². The number of ether oxygens (including phenoxy) is 1. The van der Waals surface area contributed by atoms with Crippen molar-refractivity contribution in [3.05, 3.63) is 16.1 Å². The van der Waals surface area contributed by atoms with Crippen LogP contribution >= 0.6 is 23.2 Å². The number of carbonyl (C=O) groups is 1. The van der Waals surface area contributed by atoms with Gasteiger partial charge in [-0.15, -0.1) is 0 Å². The lowest BCUT2D eigenvalue weighted by Crippen LogP contribution is -2.21. The van der Waals surface area contributed by atoms with E-state index in [9.17, 15) is 4.79 Å². The molecule has 21 heavy (non-hydrogen) atoms. The SMILES string of the molecule is CC(C)Oc1nc(N/N=C(\C(=O)O)C(C)C)c(Cl)cc1Cl. The van der Waals surface area contributed by atoms with Crippen LogP contribution < -0.4 is 10.2 Å².